The Morgan fingerprint density at radius 3 is 3.00 bits per heavy atom. The van der Waals surface area contributed by atoms with Gasteiger partial charge >= 0.3 is 0 Å². The number of carbonyl (C=O) groups excluding carboxylic acids is 1. The summed E-state index contributed by atoms with van der Waals surface area (Å²) in [6, 6.07) is 2.10. The van der Waals surface area contributed by atoms with Crippen molar-refractivity contribution < 1.29 is 4.79 Å². The van der Waals surface area contributed by atoms with Crippen LogP contribution in [0.3, 0.4) is 0 Å². The molecule has 0 N–H and O–H groups in total. The maximum atomic E-state index is 11.5. The molecule has 1 aliphatic carbocycles. The third-order valence-corrected chi connectivity index (χ3v) is 2.68. The fourth-order valence-corrected chi connectivity index (χ4v) is 1.88. The molecular weight excluding hydrogens is 150 g/mol. The van der Waals surface area contributed by atoms with E-state index in [1.165, 1.54) is 0 Å². The lowest BCUT2D eigenvalue weighted by atomic mass is 9.79. The molecule has 1 saturated carbocycles. The van der Waals surface area contributed by atoms with Crippen LogP contribution in [0.25, 0.3) is 0 Å². The fraction of sp³-hybridized carbons (Fsp3) is 0.800. The molecule has 2 heteroatoms. The van der Waals surface area contributed by atoms with E-state index in [0.29, 0.717) is 12.2 Å². The summed E-state index contributed by atoms with van der Waals surface area (Å²) in [7, 11) is 0. The van der Waals surface area contributed by atoms with Crippen molar-refractivity contribution in [2.24, 2.45) is 11.8 Å². The molecule has 66 valence electrons. The molecule has 0 aromatic rings. The monoisotopic (exact) mass is 165 g/mol. The number of Topliss-reactive ketones (excluding diaryl/α,β-unsaturated/α-hetero) is 1. The van der Waals surface area contributed by atoms with Crippen molar-refractivity contribution in [2.45, 2.75) is 39.0 Å². The van der Waals surface area contributed by atoms with E-state index in [1.807, 2.05) is 6.92 Å². The molecule has 1 fully saturated rings. The van der Waals surface area contributed by atoms with E-state index in [9.17, 15) is 4.79 Å². The minimum absolute atomic E-state index is 0.188. The Labute approximate surface area is 73.6 Å². The van der Waals surface area contributed by atoms with Crippen molar-refractivity contribution in [3.8, 4) is 6.07 Å². The number of hydrogen-bond donors (Lipinski definition) is 0. The first kappa shape index (κ1) is 9.25. The predicted octanol–water partition coefficient (Wildman–Crippen LogP) is 2.30. The van der Waals surface area contributed by atoms with Crippen molar-refractivity contribution in [1.29, 1.82) is 5.26 Å². The second kappa shape index (κ2) is 4.25. The van der Waals surface area contributed by atoms with Gasteiger partial charge in [-0.1, -0.05) is 13.3 Å². The molecule has 0 saturated heterocycles. The van der Waals surface area contributed by atoms with Gasteiger partial charge in [0.2, 0.25) is 0 Å². The van der Waals surface area contributed by atoms with Gasteiger partial charge in [0.25, 0.3) is 0 Å². The predicted molar refractivity (Wildman–Crippen MR) is 46.4 cm³/mol. The minimum atomic E-state index is 0.188. The quantitative estimate of drug-likeness (QED) is 0.630. The summed E-state index contributed by atoms with van der Waals surface area (Å²) < 4.78 is 0. The molecule has 0 radical (unpaired) electrons. The van der Waals surface area contributed by atoms with E-state index in [-0.39, 0.29) is 11.8 Å². The summed E-state index contributed by atoms with van der Waals surface area (Å²) in [5.74, 6) is 0.812. The van der Waals surface area contributed by atoms with Gasteiger partial charge in [0, 0.05) is 18.3 Å². The summed E-state index contributed by atoms with van der Waals surface area (Å²) in [4.78, 5) is 11.5. The number of nitriles is 1. The third-order valence-electron chi connectivity index (χ3n) is 2.68. The SMILES string of the molecule is CC1CCCC(CCC#N)C1=O. The number of carbonyl (C=O) groups is 1. The first-order valence-corrected chi connectivity index (χ1v) is 4.66. The molecule has 0 aromatic carbocycles. The zero-order valence-corrected chi connectivity index (χ0v) is 7.55. The molecule has 0 aliphatic heterocycles. The molecule has 0 aromatic heterocycles. The van der Waals surface area contributed by atoms with Crippen LogP contribution in [0.15, 0.2) is 0 Å². The van der Waals surface area contributed by atoms with Crippen LogP contribution in [0.4, 0.5) is 0 Å². The Hall–Kier alpha value is -0.840. The van der Waals surface area contributed by atoms with Crippen LogP contribution in [-0.2, 0) is 4.79 Å². The molecule has 2 unspecified atom stereocenters. The van der Waals surface area contributed by atoms with Crippen LogP contribution in [0.5, 0.6) is 0 Å². The first-order valence-electron chi connectivity index (χ1n) is 4.66. The van der Waals surface area contributed by atoms with Crippen molar-refractivity contribution in [3.05, 3.63) is 0 Å². The average molecular weight is 165 g/mol. The average Bonchev–Trinajstić information content (AvgIpc) is 2.08. The van der Waals surface area contributed by atoms with Crippen LogP contribution in [0.2, 0.25) is 0 Å². The maximum Gasteiger partial charge on any atom is 0.138 e. The largest absolute Gasteiger partial charge is 0.299 e. The number of nitrogens with zero attached hydrogens (tertiary/aromatic N) is 1. The van der Waals surface area contributed by atoms with E-state index in [1.54, 1.807) is 0 Å². The van der Waals surface area contributed by atoms with E-state index in [0.717, 1.165) is 25.7 Å². The second-order valence-corrected chi connectivity index (χ2v) is 3.63. The summed E-state index contributed by atoms with van der Waals surface area (Å²) in [5.41, 5.74) is 0. The van der Waals surface area contributed by atoms with Crippen molar-refractivity contribution >= 4 is 5.78 Å². The Kier molecular flexibility index (Phi) is 3.28. The molecule has 2 nitrogen and oxygen atoms in total. The topological polar surface area (TPSA) is 40.9 Å². The molecule has 0 amide bonds. The lowest BCUT2D eigenvalue weighted by Crippen LogP contribution is -2.26. The van der Waals surface area contributed by atoms with Crippen molar-refractivity contribution in [3.63, 3.8) is 0 Å². The zero-order valence-electron chi connectivity index (χ0n) is 7.55. The van der Waals surface area contributed by atoms with Crippen LogP contribution < -0.4 is 0 Å². The minimum Gasteiger partial charge on any atom is -0.299 e. The third kappa shape index (κ3) is 2.07. The molecule has 0 bridgehead atoms. The van der Waals surface area contributed by atoms with E-state index >= 15 is 0 Å². The van der Waals surface area contributed by atoms with Gasteiger partial charge in [-0.2, -0.15) is 5.26 Å². The summed E-state index contributed by atoms with van der Waals surface area (Å²) in [6.45, 7) is 2.00. The lowest BCUT2D eigenvalue weighted by Gasteiger charge is -2.24. The Morgan fingerprint density at radius 2 is 2.33 bits per heavy atom. The fourth-order valence-electron chi connectivity index (χ4n) is 1.88. The maximum absolute atomic E-state index is 11.5. The Balaban J connectivity index is 2.42. The molecule has 12 heavy (non-hydrogen) atoms. The van der Waals surface area contributed by atoms with Crippen molar-refractivity contribution in [1.82, 2.24) is 0 Å². The van der Waals surface area contributed by atoms with Crippen LogP contribution >= 0.6 is 0 Å². The summed E-state index contributed by atoms with van der Waals surface area (Å²) in [5, 5.41) is 8.39. The highest BCUT2D eigenvalue weighted by Crippen LogP contribution is 2.28. The first-order chi connectivity index (χ1) is 5.75. The van der Waals surface area contributed by atoms with Gasteiger partial charge in [-0.3, -0.25) is 4.79 Å². The van der Waals surface area contributed by atoms with Gasteiger partial charge in [0.1, 0.15) is 5.78 Å². The normalized spacial score (nSPS) is 29.8. The highest BCUT2D eigenvalue weighted by molar-refractivity contribution is 5.83. The number of ketones is 1. The van der Waals surface area contributed by atoms with Gasteiger partial charge in [0.15, 0.2) is 0 Å². The van der Waals surface area contributed by atoms with Crippen LogP contribution in [-0.4, -0.2) is 5.78 Å². The van der Waals surface area contributed by atoms with Crippen molar-refractivity contribution in [2.75, 3.05) is 0 Å². The van der Waals surface area contributed by atoms with Gasteiger partial charge in [-0.15, -0.1) is 0 Å². The molecule has 1 rings (SSSR count). The zero-order chi connectivity index (χ0) is 8.97. The van der Waals surface area contributed by atoms with Crippen LogP contribution in [0.1, 0.15) is 39.0 Å². The van der Waals surface area contributed by atoms with E-state index in [4.69, 9.17) is 5.26 Å². The standard InChI is InChI=1S/C10H15NO/c1-8-4-2-5-9(10(8)12)6-3-7-11/h8-9H,2-6H2,1H3. The van der Waals surface area contributed by atoms with Gasteiger partial charge in [-0.05, 0) is 19.3 Å². The Morgan fingerprint density at radius 1 is 1.58 bits per heavy atom. The molecule has 0 heterocycles. The van der Waals surface area contributed by atoms with Crippen LogP contribution in [0, 0.1) is 23.2 Å². The van der Waals surface area contributed by atoms with Gasteiger partial charge in [0.05, 0.1) is 6.07 Å². The number of hydrogen-bond acceptors (Lipinski definition) is 2. The second-order valence-electron chi connectivity index (χ2n) is 3.63. The number of rotatable bonds is 2. The van der Waals surface area contributed by atoms with Gasteiger partial charge in [-0.25, -0.2) is 0 Å². The Bertz CT molecular complexity index is 204. The summed E-state index contributed by atoms with van der Waals surface area (Å²) in [6.07, 6.45) is 4.51. The lowest BCUT2D eigenvalue weighted by molar-refractivity contribution is -0.128. The highest BCUT2D eigenvalue weighted by atomic mass is 16.1. The molecule has 0 spiro atoms. The molecular formula is C10H15NO. The molecule has 2 atom stereocenters. The summed E-state index contributed by atoms with van der Waals surface area (Å²) >= 11 is 0. The van der Waals surface area contributed by atoms with Gasteiger partial charge < -0.3 is 0 Å². The molecule has 1 aliphatic rings. The highest BCUT2D eigenvalue weighted by Gasteiger charge is 2.27. The van der Waals surface area contributed by atoms with E-state index < -0.39 is 0 Å². The smallest absolute Gasteiger partial charge is 0.138 e. The van der Waals surface area contributed by atoms with E-state index in [2.05, 4.69) is 6.07 Å².